The number of hydrogen-bond donors (Lipinski definition) is 2. The number of halogens is 1. The van der Waals surface area contributed by atoms with E-state index < -0.39 is 11.9 Å². The highest BCUT2D eigenvalue weighted by atomic mass is 79.9. The van der Waals surface area contributed by atoms with Crippen molar-refractivity contribution < 1.29 is 9.59 Å². The Balaban J connectivity index is 2.39. The first-order chi connectivity index (χ1) is 10.9. The fourth-order valence-electron chi connectivity index (χ4n) is 2.01. The van der Waals surface area contributed by atoms with Gasteiger partial charge in [0.15, 0.2) is 5.16 Å². The number of primary amides is 1. The number of carbonyl (C=O) groups excluding carboxylic acids is 2. The van der Waals surface area contributed by atoms with E-state index in [2.05, 4.69) is 20.9 Å². The molecular formula is C14H15BrN4O3S. The molecule has 0 saturated heterocycles. The number of aromatic nitrogens is 2. The van der Waals surface area contributed by atoms with Crippen LogP contribution in [0.3, 0.4) is 0 Å². The zero-order chi connectivity index (χ0) is 17.0. The molecule has 7 nitrogen and oxygen atoms in total. The summed E-state index contributed by atoms with van der Waals surface area (Å²) in [5, 5.41) is 2.93. The second-order valence-electron chi connectivity index (χ2n) is 4.71. The van der Waals surface area contributed by atoms with E-state index in [-0.39, 0.29) is 11.3 Å². The number of amides is 3. The van der Waals surface area contributed by atoms with E-state index in [4.69, 9.17) is 5.73 Å². The standard InChI is InChI=1S/C14H15BrN4O3S/c1-2-5-19-12(21)9-6-8(15)3-4-10(9)17-14(19)23-7-11(20)18-13(16)22/h3-4,6H,2,5,7H2,1H3,(H3,16,18,20,22). The number of urea groups is 1. The molecule has 3 amide bonds. The van der Waals surface area contributed by atoms with Gasteiger partial charge in [0.05, 0.1) is 16.7 Å². The van der Waals surface area contributed by atoms with Gasteiger partial charge in [-0.1, -0.05) is 34.6 Å². The number of nitrogens with one attached hydrogen (secondary N) is 1. The van der Waals surface area contributed by atoms with Crippen molar-refractivity contribution in [2.45, 2.75) is 25.0 Å². The first-order valence-corrected chi connectivity index (χ1v) is 8.62. The first kappa shape index (κ1) is 17.5. The van der Waals surface area contributed by atoms with Crippen molar-refractivity contribution in [1.29, 1.82) is 0 Å². The molecule has 0 aliphatic heterocycles. The molecule has 0 atom stereocenters. The fraction of sp³-hybridized carbons (Fsp3) is 0.286. The topological polar surface area (TPSA) is 107 Å². The molecule has 1 aromatic heterocycles. The summed E-state index contributed by atoms with van der Waals surface area (Å²) in [5.74, 6) is -0.586. The van der Waals surface area contributed by atoms with Crippen molar-refractivity contribution in [3.05, 3.63) is 33.0 Å². The summed E-state index contributed by atoms with van der Waals surface area (Å²) >= 11 is 4.43. The zero-order valence-corrected chi connectivity index (χ0v) is 14.7. The Morgan fingerprint density at radius 2 is 2.17 bits per heavy atom. The third-order valence-corrected chi connectivity index (χ3v) is 4.39. The lowest BCUT2D eigenvalue weighted by atomic mass is 10.2. The molecule has 0 radical (unpaired) electrons. The average Bonchev–Trinajstić information content (AvgIpc) is 2.48. The van der Waals surface area contributed by atoms with Crippen molar-refractivity contribution in [3.63, 3.8) is 0 Å². The highest BCUT2D eigenvalue weighted by Gasteiger charge is 2.13. The summed E-state index contributed by atoms with van der Waals surface area (Å²) in [4.78, 5) is 39.3. The molecule has 0 unspecified atom stereocenters. The maximum atomic E-state index is 12.6. The van der Waals surface area contributed by atoms with E-state index in [9.17, 15) is 14.4 Å². The molecule has 3 N–H and O–H groups in total. The lowest BCUT2D eigenvalue weighted by Gasteiger charge is -2.12. The first-order valence-electron chi connectivity index (χ1n) is 6.84. The summed E-state index contributed by atoms with van der Waals surface area (Å²) < 4.78 is 2.34. The molecule has 0 bridgehead atoms. The summed E-state index contributed by atoms with van der Waals surface area (Å²) in [5.41, 5.74) is 5.30. The SMILES string of the molecule is CCCn1c(SCC(=O)NC(N)=O)nc2ccc(Br)cc2c1=O. The van der Waals surface area contributed by atoms with Crippen molar-refractivity contribution in [2.24, 2.45) is 5.73 Å². The van der Waals surface area contributed by atoms with E-state index in [1.807, 2.05) is 12.2 Å². The predicted molar refractivity (Wildman–Crippen MR) is 92.4 cm³/mol. The molecule has 0 aliphatic rings. The molecule has 2 aromatic rings. The second-order valence-corrected chi connectivity index (χ2v) is 6.57. The van der Waals surface area contributed by atoms with Crippen molar-refractivity contribution in [3.8, 4) is 0 Å². The Labute approximate surface area is 144 Å². The quantitative estimate of drug-likeness (QED) is 0.590. The molecule has 2 rings (SSSR count). The van der Waals surface area contributed by atoms with Crippen molar-refractivity contribution in [1.82, 2.24) is 14.9 Å². The Bertz CT molecular complexity index is 822. The van der Waals surface area contributed by atoms with Gasteiger partial charge >= 0.3 is 6.03 Å². The largest absolute Gasteiger partial charge is 0.351 e. The number of imide groups is 1. The number of hydrogen-bond acceptors (Lipinski definition) is 5. The van der Waals surface area contributed by atoms with Gasteiger partial charge in [-0.05, 0) is 24.6 Å². The molecule has 0 saturated carbocycles. The predicted octanol–water partition coefficient (Wildman–Crippen LogP) is 1.86. The maximum Gasteiger partial charge on any atom is 0.318 e. The number of benzene rings is 1. The number of thioether (sulfide) groups is 1. The van der Waals surface area contributed by atoms with Gasteiger partial charge < -0.3 is 5.73 Å². The summed E-state index contributed by atoms with van der Waals surface area (Å²) in [6, 6.07) is 4.36. The van der Waals surface area contributed by atoms with Gasteiger partial charge in [0.2, 0.25) is 5.91 Å². The van der Waals surface area contributed by atoms with Crippen LogP contribution in [-0.4, -0.2) is 27.2 Å². The summed E-state index contributed by atoms with van der Waals surface area (Å²) in [6.45, 7) is 2.44. The van der Waals surface area contributed by atoms with Gasteiger partial charge in [0, 0.05) is 11.0 Å². The van der Waals surface area contributed by atoms with E-state index in [1.54, 1.807) is 18.2 Å². The minimum atomic E-state index is -0.905. The van der Waals surface area contributed by atoms with Crippen molar-refractivity contribution in [2.75, 3.05) is 5.75 Å². The molecule has 9 heteroatoms. The number of fused-ring (bicyclic) bond motifs is 1. The number of nitrogens with zero attached hydrogens (tertiary/aromatic N) is 2. The molecule has 0 spiro atoms. The van der Waals surface area contributed by atoms with Crippen LogP contribution in [0.15, 0.2) is 32.6 Å². The van der Waals surface area contributed by atoms with Gasteiger partial charge in [0.25, 0.3) is 5.56 Å². The highest BCUT2D eigenvalue weighted by Crippen LogP contribution is 2.20. The molecule has 0 aliphatic carbocycles. The van der Waals surface area contributed by atoms with Crippen LogP contribution in [-0.2, 0) is 11.3 Å². The lowest BCUT2D eigenvalue weighted by molar-refractivity contribution is -0.117. The Morgan fingerprint density at radius 1 is 1.43 bits per heavy atom. The molecule has 1 aromatic carbocycles. The third-order valence-electron chi connectivity index (χ3n) is 2.92. The molecule has 122 valence electrons. The summed E-state index contributed by atoms with van der Waals surface area (Å²) in [6.07, 6.45) is 0.752. The van der Waals surface area contributed by atoms with E-state index in [0.717, 1.165) is 22.7 Å². The van der Waals surface area contributed by atoms with Gasteiger partial charge in [0.1, 0.15) is 0 Å². The van der Waals surface area contributed by atoms with E-state index in [0.29, 0.717) is 22.6 Å². The van der Waals surface area contributed by atoms with Crippen molar-refractivity contribution >= 4 is 50.5 Å². The van der Waals surface area contributed by atoms with Crippen LogP contribution >= 0.6 is 27.7 Å². The van der Waals surface area contributed by atoms with Gasteiger partial charge in [-0.15, -0.1) is 0 Å². The Hall–Kier alpha value is -1.87. The second kappa shape index (κ2) is 7.60. The van der Waals surface area contributed by atoms with Crippen LogP contribution in [0.2, 0.25) is 0 Å². The number of nitrogens with two attached hydrogens (primary N) is 1. The Kier molecular flexibility index (Phi) is 5.78. The van der Waals surface area contributed by atoms with Gasteiger partial charge in [-0.25, -0.2) is 9.78 Å². The minimum Gasteiger partial charge on any atom is -0.351 e. The fourth-order valence-corrected chi connectivity index (χ4v) is 3.19. The zero-order valence-electron chi connectivity index (χ0n) is 12.3. The molecular weight excluding hydrogens is 384 g/mol. The van der Waals surface area contributed by atoms with Gasteiger partial charge in [-0.2, -0.15) is 0 Å². The summed E-state index contributed by atoms with van der Waals surface area (Å²) in [7, 11) is 0. The van der Waals surface area contributed by atoms with Crippen LogP contribution in [0.4, 0.5) is 4.79 Å². The van der Waals surface area contributed by atoms with E-state index >= 15 is 0 Å². The van der Waals surface area contributed by atoms with Crippen LogP contribution in [0.5, 0.6) is 0 Å². The molecule has 23 heavy (non-hydrogen) atoms. The minimum absolute atomic E-state index is 0.0544. The average molecular weight is 399 g/mol. The van der Waals surface area contributed by atoms with E-state index in [1.165, 1.54) is 4.57 Å². The maximum absolute atomic E-state index is 12.6. The number of carbonyl (C=O) groups is 2. The van der Waals surface area contributed by atoms with Crippen LogP contribution < -0.4 is 16.6 Å². The van der Waals surface area contributed by atoms with Crippen LogP contribution in [0.1, 0.15) is 13.3 Å². The van der Waals surface area contributed by atoms with Crippen LogP contribution in [0, 0.1) is 0 Å². The molecule has 0 fully saturated rings. The smallest absolute Gasteiger partial charge is 0.318 e. The third kappa shape index (κ3) is 4.32. The normalized spacial score (nSPS) is 10.7. The Morgan fingerprint density at radius 3 is 2.83 bits per heavy atom. The number of rotatable bonds is 5. The van der Waals surface area contributed by atoms with Crippen LogP contribution in [0.25, 0.3) is 10.9 Å². The lowest BCUT2D eigenvalue weighted by Crippen LogP contribution is -2.36. The van der Waals surface area contributed by atoms with Gasteiger partial charge in [-0.3, -0.25) is 19.5 Å². The highest BCUT2D eigenvalue weighted by molar-refractivity contribution is 9.10. The monoisotopic (exact) mass is 398 g/mol. The molecule has 1 heterocycles.